The molecule has 3 nitrogen and oxygen atoms in total. The van der Waals surface area contributed by atoms with Gasteiger partial charge in [-0.15, -0.1) is 0 Å². The summed E-state index contributed by atoms with van der Waals surface area (Å²) in [5.41, 5.74) is 2.29. The van der Waals surface area contributed by atoms with E-state index < -0.39 is 0 Å². The number of pyridine rings is 1. The predicted octanol–water partition coefficient (Wildman–Crippen LogP) is 3.13. The molecule has 15 heavy (non-hydrogen) atoms. The Labute approximate surface area is 87.9 Å². The zero-order chi connectivity index (χ0) is 10.1. The van der Waals surface area contributed by atoms with E-state index >= 15 is 0 Å². The van der Waals surface area contributed by atoms with Gasteiger partial charge in [-0.3, -0.25) is 4.98 Å². The van der Waals surface area contributed by atoms with Crippen LogP contribution in [0.1, 0.15) is 18.0 Å². The van der Waals surface area contributed by atoms with E-state index in [4.69, 9.17) is 0 Å². The van der Waals surface area contributed by atoms with Gasteiger partial charge in [0.2, 0.25) is 0 Å². The van der Waals surface area contributed by atoms with Crippen LogP contribution in [0.3, 0.4) is 0 Å². The minimum atomic E-state index is 0.234. The Morgan fingerprint density at radius 1 is 1.13 bits per heavy atom. The molecule has 74 valence electrons. The summed E-state index contributed by atoms with van der Waals surface area (Å²) in [6, 6.07) is 10.5. The molecule has 0 saturated heterocycles. The van der Waals surface area contributed by atoms with Gasteiger partial charge in [-0.05, 0) is 24.1 Å². The maximum Gasteiger partial charge on any atom is 0.0983 e. The molecule has 3 rings (SSSR count). The summed E-state index contributed by atoms with van der Waals surface area (Å²) < 4.78 is 0. The SMILES string of the molecule is c1ccc2c(C3CCN=N3)ccnc2c1. The van der Waals surface area contributed by atoms with Gasteiger partial charge in [0.05, 0.1) is 18.1 Å². The molecule has 1 atom stereocenters. The lowest BCUT2D eigenvalue weighted by Gasteiger charge is -2.08. The average Bonchev–Trinajstić information content (AvgIpc) is 2.82. The van der Waals surface area contributed by atoms with Crippen molar-refractivity contribution < 1.29 is 0 Å². The average molecular weight is 197 g/mol. The smallest absolute Gasteiger partial charge is 0.0983 e. The molecule has 1 aliphatic heterocycles. The highest BCUT2D eigenvalue weighted by atomic mass is 15.2. The second-order valence-electron chi connectivity index (χ2n) is 3.70. The fourth-order valence-corrected chi connectivity index (χ4v) is 2.02. The third-order valence-corrected chi connectivity index (χ3v) is 2.77. The molecule has 1 aromatic carbocycles. The quantitative estimate of drug-likeness (QED) is 0.692. The number of azo groups is 1. The summed E-state index contributed by atoms with van der Waals surface area (Å²) in [5.74, 6) is 0. The van der Waals surface area contributed by atoms with E-state index in [-0.39, 0.29) is 6.04 Å². The molecule has 2 heterocycles. The number of rotatable bonds is 1. The van der Waals surface area contributed by atoms with Crippen LogP contribution < -0.4 is 0 Å². The van der Waals surface area contributed by atoms with Crippen LogP contribution in [0.25, 0.3) is 10.9 Å². The van der Waals surface area contributed by atoms with Gasteiger partial charge < -0.3 is 0 Å². The van der Waals surface area contributed by atoms with E-state index in [1.165, 1.54) is 10.9 Å². The lowest BCUT2D eigenvalue weighted by Crippen LogP contribution is -1.94. The molecular formula is C12H11N3. The third kappa shape index (κ3) is 1.40. The number of hydrogen-bond donors (Lipinski definition) is 0. The van der Waals surface area contributed by atoms with E-state index in [2.05, 4.69) is 27.3 Å². The number of hydrogen-bond acceptors (Lipinski definition) is 3. The topological polar surface area (TPSA) is 37.6 Å². The highest BCUT2D eigenvalue weighted by Crippen LogP contribution is 2.30. The van der Waals surface area contributed by atoms with Gasteiger partial charge in [0, 0.05) is 11.6 Å². The van der Waals surface area contributed by atoms with Crippen molar-refractivity contribution in [2.24, 2.45) is 10.2 Å². The summed E-state index contributed by atoms with van der Waals surface area (Å²) in [7, 11) is 0. The summed E-state index contributed by atoms with van der Waals surface area (Å²) in [5, 5.41) is 9.51. The zero-order valence-corrected chi connectivity index (χ0v) is 8.30. The van der Waals surface area contributed by atoms with E-state index in [0.29, 0.717) is 0 Å². The number of fused-ring (bicyclic) bond motifs is 1. The van der Waals surface area contributed by atoms with Crippen molar-refractivity contribution >= 4 is 10.9 Å². The van der Waals surface area contributed by atoms with E-state index in [9.17, 15) is 0 Å². The van der Waals surface area contributed by atoms with Crippen LogP contribution >= 0.6 is 0 Å². The third-order valence-electron chi connectivity index (χ3n) is 2.77. The Morgan fingerprint density at radius 2 is 2.07 bits per heavy atom. The molecule has 0 spiro atoms. The van der Waals surface area contributed by atoms with Crippen LogP contribution in [0.4, 0.5) is 0 Å². The molecule has 2 aromatic rings. The van der Waals surface area contributed by atoms with Crippen LogP contribution in [0.2, 0.25) is 0 Å². The first kappa shape index (κ1) is 8.53. The van der Waals surface area contributed by atoms with Crippen molar-refractivity contribution in [2.45, 2.75) is 12.5 Å². The van der Waals surface area contributed by atoms with Gasteiger partial charge in [-0.1, -0.05) is 18.2 Å². The monoisotopic (exact) mass is 197 g/mol. The van der Waals surface area contributed by atoms with Crippen molar-refractivity contribution in [3.05, 3.63) is 42.1 Å². The van der Waals surface area contributed by atoms with Crippen LogP contribution in [0.15, 0.2) is 46.8 Å². The van der Waals surface area contributed by atoms with Crippen LogP contribution in [0, 0.1) is 0 Å². The maximum absolute atomic E-state index is 4.34. The molecule has 1 aromatic heterocycles. The van der Waals surface area contributed by atoms with Crippen molar-refractivity contribution in [2.75, 3.05) is 6.54 Å². The molecule has 1 aliphatic rings. The zero-order valence-electron chi connectivity index (χ0n) is 8.30. The highest BCUT2D eigenvalue weighted by molar-refractivity contribution is 5.82. The normalized spacial score (nSPS) is 19.9. The van der Waals surface area contributed by atoms with E-state index in [0.717, 1.165) is 18.5 Å². The molecule has 1 unspecified atom stereocenters. The van der Waals surface area contributed by atoms with Crippen LogP contribution in [-0.2, 0) is 0 Å². The summed E-state index contributed by atoms with van der Waals surface area (Å²) in [6.45, 7) is 0.849. The predicted molar refractivity (Wildman–Crippen MR) is 58.8 cm³/mol. The summed E-state index contributed by atoms with van der Waals surface area (Å²) in [6.07, 6.45) is 2.87. The van der Waals surface area contributed by atoms with Crippen LogP contribution in [0.5, 0.6) is 0 Å². The molecule has 0 saturated carbocycles. The Kier molecular flexibility index (Phi) is 1.95. The van der Waals surface area contributed by atoms with Gasteiger partial charge in [-0.2, -0.15) is 10.2 Å². The fourth-order valence-electron chi connectivity index (χ4n) is 2.02. The first-order chi connectivity index (χ1) is 7.45. The Morgan fingerprint density at radius 3 is 2.93 bits per heavy atom. The molecule has 0 fully saturated rings. The molecule has 0 radical (unpaired) electrons. The number of benzene rings is 1. The lowest BCUT2D eigenvalue weighted by atomic mass is 10.0. The minimum absolute atomic E-state index is 0.234. The number of nitrogens with zero attached hydrogens (tertiary/aromatic N) is 3. The van der Waals surface area contributed by atoms with Gasteiger partial charge >= 0.3 is 0 Å². The molecule has 0 aliphatic carbocycles. The maximum atomic E-state index is 4.34. The first-order valence-corrected chi connectivity index (χ1v) is 5.15. The van der Waals surface area contributed by atoms with Crippen molar-refractivity contribution in [1.82, 2.24) is 4.98 Å². The summed E-state index contributed by atoms with van der Waals surface area (Å²) in [4.78, 5) is 4.34. The molecule has 0 amide bonds. The Bertz CT molecular complexity index is 514. The van der Waals surface area contributed by atoms with Gasteiger partial charge in [0.1, 0.15) is 0 Å². The van der Waals surface area contributed by atoms with E-state index in [1.54, 1.807) is 0 Å². The fraction of sp³-hybridized carbons (Fsp3) is 0.250. The lowest BCUT2D eigenvalue weighted by molar-refractivity contribution is 0.747. The second kappa shape index (κ2) is 3.42. The first-order valence-electron chi connectivity index (χ1n) is 5.15. The Hall–Kier alpha value is -1.77. The van der Waals surface area contributed by atoms with Crippen molar-refractivity contribution in [3.8, 4) is 0 Å². The number of aromatic nitrogens is 1. The van der Waals surface area contributed by atoms with Crippen molar-refractivity contribution in [3.63, 3.8) is 0 Å². The molecule has 3 heteroatoms. The Balaban J connectivity index is 2.21. The minimum Gasteiger partial charge on any atom is -0.256 e. The molecule has 0 N–H and O–H groups in total. The molecular weight excluding hydrogens is 186 g/mol. The van der Waals surface area contributed by atoms with Gasteiger partial charge in [0.15, 0.2) is 0 Å². The van der Waals surface area contributed by atoms with Crippen LogP contribution in [-0.4, -0.2) is 11.5 Å². The summed E-state index contributed by atoms with van der Waals surface area (Å²) >= 11 is 0. The molecule has 0 bridgehead atoms. The standard InChI is InChI=1S/C12H11N3/c1-2-4-11-9(3-1)10(5-7-13-11)12-6-8-14-15-12/h1-5,7,12H,6,8H2. The van der Waals surface area contributed by atoms with Crippen molar-refractivity contribution in [1.29, 1.82) is 0 Å². The van der Waals surface area contributed by atoms with Gasteiger partial charge in [-0.25, -0.2) is 0 Å². The van der Waals surface area contributed by atoms with E-state index in [1.807, 2.05) is 24.4 Å². The number of para-hydroxylation sites is 1. The second-order valence-corrected chi connectivity index (χ2v) is 3.70. The van der Waals surface area contributed by atoms with Gasteiger partial charge in [0.25, 0.3) is 0 Å². The largest absolute Gasteiger partial charge is 0.256 e. The highest BCUT2D eigenvalue weighted by Gasteiger charge is 2.16.